The van der Waals surface area contributed by atoms with Crippen LogP contribution in [0.2, 0.25) is 5.02 Å². The number of carbonyl (C=O) groups is 1. The first-order valence-electron chi connectivity index (χ1n) is 10.8. The Hall–Kier alpha value is -3.06. The Morgan fingerprint density at radius 1 is 1.12 bits per heavy atom. The second-order valence-electron chi connectivity index (χ2n) is 8.12. The van der Waals surface area contributed by atoms with Gasteiger partial charge in [-0.1, -0.05) is 29.8 Å². The van der Waals surface area contributed by atoms with E-state index in [0.29, 0.717) is 28.8 Å². The number of carboxylic acids is 1. The number of aliphatic hydroxyl groups is 1. The van der Waals surface area contributed by atoms with Crippen LogP contribution < -0.4 is 14.8 Å². The number of halogens is 1. The molecule has 0 heterocycles. The van der Waals surface area contributed by atoms with E-state index in [1.54, 1.807) is 18.2 Å². The normalized spacial score (nSPS) is 16.0. The Bertz CT molecular complexity index is 1150. The van der Waals surface area contributed by atoms with Gasteiger partial charge < -0.3 is 25.0 Å². The molecule has 0 amide bonds. The third-order valence-electron chi connectivity index (χ3n) is 5.88. The Labute approximate surface area is 197 Å². The Balaban J connectivity index is 1.43. The van der Waals surface area contributed by atoms with E-state index in [0.717, 1.165) is 24.8 Å². The third kappa shape index (κ3) is 5.66. The van der Waals surface area contributed by atoms with Gasteiger partial charge in [-0.05, 0) is 78.4 Å². The van der Waals surface area contributed by atoms with Crippen molar-refractivity contribution in [1.29, 1.82) is 0 Å². The van der Waals surface area contributed by atoms with Crippen LogP contribution in [-0.2, 0) is 12.8 Å². The van der Waals surface area contributed by atoms with E-state index < -0.39 is 12.1 Å². The minimum absolute atomic E-state index is 0.131. The quantitative estimate of drug-likeness (QED) is 0.431. The Morgan fingerprint density at radius 3 is 2.73 bits per heavy atom. The highest BCUT2D eigenvalue weighted by molar-refractivity contribution is 6.30. The van der Waals surface area contributed by atoms with E-state index >= 15 is 0 Å². The summed E-state index contributed by atoms with van der Waals surface area (Å²) < 4.78 is 11.3. The summed E-state index contributed by atoms with van der Waals surface area (Å²) in [6.45, 7) is 0.440. The van der Waals surface area contributed by atoms with Crippen LogP contribution in [-0.4, -0.2) is 35.9 Å². The fraction of sp³-hybridized carbons (Fsp3) is 0.269. The van der Waals surface area contributed by atoms with Gasteiger partial charge in [0.05, 0.1) is 18.8 Å². The third-order valence-corrected chi connectivity index (χ3v) is 6.11. The topological polar surface area (TPSA) is 88.0 Å². The van der Waals surface area contributed by atoms with Crippen LogP contribution >= 0.6 is 11.6 Å². The van der Waals surface area contributed by atoms with Crippen molar-refractivity contribution >= 4 is 17.6 Å². The number of fused-ring (bicyclic) bond motifs is 1. The molecule has 2 atom stereocenters. The van der Waals surface area contributed by atoms with Crippen LogP contribution in [0.1, 0.15) is 39.6 Å². The van der Waals surface area contributed by atoms with Gasteiger partial charge in [-0.3, -0.25) is 0 Å². The highest BCUT2D eigenvalue weighted by Gasteiger charge is 2.21. The van der Waals surface area contributed by atoms with Crippen molar-refractivity contribution in [3.63, 3.8) is 0 Å². The minimum Gasteiger partial charge on any atom is -0.493 e. The number of aryl methyl sites for hydroxylation is 1. The lowest BCUT2D eigenvalue weighted by molar-refractivity contribution is 0.0696. The van der Waals surface area contributed by atoms with Crippen LogP contribution in [0.4, 0.5) is 0 Å². The smallest absolute Gasteiger partial charge is 0.335 e. The fourth-order valence-electron chi connectivity index (χ4n) is 4.10. The summed E-state index contributed by atoms with van der Waals surface area (Å²) >= 11 is 6.03. The van der Waals surface area contributed by atoms with Gasteiger partial charge in [0.2, 0.25) is 0 Å². The standard InChI is InChI=1S/C26H26ClNO5/c1-32-24-10-7-18(26(30)31)14-25(24)33-22-9-6-16-5-8-21(12-19(16)13-22)28-15-23(29)17-3-2-4-20(27)11-17/h2-4,6-7,9-11,13-14,21,23,28-29H,5,8,12,15H2,1H3,(H,30,31)/t21-,23-/m0/s1. The highest BCUT2D eigenvalue weighted by atomic mass is 35.5. The number of aliphatic hydroxyl groups excluding tert-OH is 1. The zero-order chi connectivity index (χ0) is 23.4. The van der Waals surface area contributed by atoms with Crippen LogP contribution in [0, 0.1) is 0 Å². The predicted octanol–water partition coefficient (Wildman–Crippen LogP) is 5.02. The summed E-state index contributed by atoms with van der Waals surface area (Å²) in [6.07, 6.45) is 2.08. The van der Waals surface area contributed by atoms with Crippen molar-refractivity contribution < 1.29 is 24.5 Å². The van der Waals surface area contributed by atoms with E-state index in [1.807, 2.05) is 24.3 Å². The number of hydrogen-bond donors (Lipinski definition) is 3. The molecule has 0 spiro atoms. The van der Waals surface area contributed by atoms with Gasteiger partial charge in [0.1, 0.15) is 5.75 Å². The average molecular weight is 468 g/mol. The molecule has 0 aliphatic heterocycles. The first kappa shape index (κ1) is 23.1. The summed E-state index contributed by atoms with van der Waals surface area (Å²) in [4.78, 5) is 11.3. The number of carboxylic acid groups (broad SMARTS) is 1. The van der Waals surface area contributed by atoms with E-state index in [9.17, 15) is 15.0 Å². The van der Waals surface area contributed by atoms with Gasteiger partial charge in [-0.2, -0.15) is 0 Å². The summed E-state index contributed by atoms with van der Waals surface area (Å²) in [5, 5.41) is 23.8. The van der Waals surface area contributed by atoms with Gasteiger partial charge in [-0.25, -0.2) is 4.79 Å². The van der Waals surface area contributed by atoms with Gasteiger partial charge in [0.15, 0.2) is 11.5 Å². The SMILES string of the molecule is COc1ccc(C(=O)O)cc1Oc1ccc2c(c1)C[C@@H](NC[C@H](O)c1cccc(Cl)c1)CC2. The molecule has 1 aliphatic rings. The number of hydrogen-bond acceptors (Lipinski definition) is 5. The molecule has 3 aromatic carbocycles. The van der Waals surface area contributed by atoms with Crippen molar-refractivity contribution in [2.75, 3.05) is 13.7 Å². The molecule has 3 N–H and O–H groups in total. The van der Waals surface area contributed by atoms with Gasteiger partial charge >= 0.3 is 5.97 Å². The lowest BCUT2D eigenvalue weighted by Crippen LogP contribution is -2.37. The highest BCUT2D eigenvalue weighted by Crippen LogP contribution is 2.34. The monoisotopic (exact) mass is 467 g/mol. The molecule has 1 aliphatic carbocycles. The van der Waals surface area contributed by atoms with Gasteiger partial charge in [0, 0.05) is 17.6 Å². The minimum atomic E-state index is -1.03. The van der Waals surface area contributed by atoms with Crippen LogP contribution in [0.3, 0.4) is 0 Å². The number of ether oxygens (including phenoxy) is 2. The summed E-state index contributed by atoms with van der Waals surface area (Å²) in [7, 11) is 1.52. The largest absolute Gasteiger partial charge is 0.493 e. The number of benzene rings is 3. The average Bonchev–Trinajstić information content (AvgIpc) is 2.82. The van der Waals surface area contributed by atoms with Crippen LogP contribution in [0.25, 0.3) is 0 Å². The number of rotatable bonds is 8. The lowest BCUT2D eigenvalue weighted by atomic mass is 9.88. The second-order valence-corrected chi connectivity index (χ2v) is 8.56. The molecule has 0 saturated carbocycles. The first-order valence-corrected chi connectivity index (χ1v) is 11.2. The molecule has 0 aromatic heterocycles. The number of methoxy groups -OCH3 is 1. The maximum Gasteiger partial charge on any atom is 0.335 e. The molecular formula is C26H26ClNO5. The maximum atomic E-state index is 11.3. The molecule has 6 nitrogen and oxygen atoms in total. The van der Waals surface area contributed by atoms with Crippen molar-refractivity contribution in [1.82, 2.24) is 5.32 Å². The van der Waals surface area contributed by atoms with Gasteiger partial charge in [0.25, 0.3) is 0 Å². The zero-order valence-electron chi connectivity index (χ0n) is 18.3. The van der Waals surface area contributed by atoms with E-state index in [1.165, 1.54) is 30.4 Å². The molecule has 0 fully saturated rings. The zero-order valence-corrected chi connectivity index (χ0v) is 19.0. The molecule has 3 aromatic rings. The predicted molar refractivity (Wildman–Crippen MR) is 127 cm³/mol. The maximum absolute atomic E-state index is 11.3. The summed E-state index contributed by atoms with van der Waals surface area (Å²) in [5.41, 5.74) is 3.36. The van der Waals surface area contributed by atoms with Crippen molar-refractivity contribution in [2.24, 2.45) is 0 Å². The Morgan fingerprint density at radius 2 is 1.97 bits per heavy atom. The van der Waals surface area contributed by atoms with Crippen molar-refractivity contribution in [3.05, 3.63) is 87.9 Å². The van der Waals surface area contributed by atoms with E-state index in [2.05, 4.69) is 11.4 Å². The molecule has 0 saturated heterocycles. The molecule has 0 unspecified atom stereocenters. The molecule has 0 bridgehead atoms. The number of nitrogens with one attached hydrogen (secondary N) is 1. The summed E-state index contributed by atoms with van der Waals surface area (Å²) in [6, 6.07) is 18.0. The second kappa shape index (κ2) is 10.3. The molecule has 0 radical (unpaired) electrons. The number of aromatic carboxylic acids is 1. The molecule has 33 heavy (non-hydrogen) atoms. The fourth-order valence-corrected chi connectivity index (χ4v) is 4.30. The van der Waals surface area contributed by atoms with Crippen LogP contribution in [0.15, 0.2) is 60.7 Å². The molecular weight excluding hydrogens is 442 g/mol. The Kier molecular flexibility index (Phi) is 7.18. The lowest BCUT2D eigenvalue weighted by Gasteiger charge is -2.27. The molecule has 172 valence electrons. The molecule has 4 rings (SSSR count). The molecule has 7 heteroatoms. The van der Waals surface area contributed by atoms with E-state index in [-0.39, 0.29) is 11.6 Å². The van der Waals surface area contributed by atoms with Crippen molar-refractivity contribution in [2.45, 2.75) is 31.4 Å². The summed E-state index contributed by atoms with van der Waals surface area (Å²) in [5.74, 6) is 0.413. The van der Waals surface area contributed by atoms with Crippen LogP contribution in [0.5, 0.6) is 17.2 Å². The van der Waals surface area contributed by atoms with E-state index in [4.69, 9.17) is 21.1 Å². The van der Waals surface area contributed by atoms with Crippen molar-refractivity contribution in [3.8, 4) is 17.2 Å². The first-order chi connectivity index (χ1) is 15.9. The van der Waals surface area contributed by atoms with Gasteiger partial charge in [-0.15, -0.1) is 0 Å².